The molecule has 0 aromatic heterocycles. The van der Waals surface area contributed by atoms with Crippen molar-refractivity contribution in [2.75, 3.05) is 13.2 Å². The average molecular weight is 340 g/mol. The van der Waals surface area contributed by atoms with E-state index in [0.717, 1.165) is 5.56 Å². The second-order valence-electron chi connectivity index (χ2n) is 5.81. The molecular formula is C19H20N2O4. The van der Waals surface area contributed by atoms with Gasteiger partial charge in [-0.3, -0.25) is 9.59 Å². The van der Waals surface area contributed by atoms with Gasteiger partial charge in [0.1, 0.15) is 12.7 Å². The molecular weight excluding hydrogens is 320 g/mol. The SMILES string of the molecule is C[C@@H](NC(=O)C(=O)NC[C@@H]1COc2ccccc2O1)c1ccccc1. The third kappa shape index (κ3) is 4.29. The summed E-state index contributed by atoms with van der Waals surface area (Å²) in [6.07, 6.45) is -0.335. The van der Waals surface area contributed by atoms with Crippen LogP contribution < -0.4 is 20.1 Å². The van der Waals surface area contributed by atoms with Crippen LogP contribution in [0.25, 0.3) is 0 Å². The van der Waals surface area contributed by atoms with Gasteiger partial charge >= 0.3 is 11.8 Å². The van der Waals surface area contributed by atoms with Crippen molar-refractivity contribution in [3.05, 3.63) is 60.2 Å². The van der Waals surface area contributed by atoms with E-state index in [-0.39, 0.29) is 18.7 Å². The summed E-state index contributed by atoms with van der Waals surface area (Å²) < 4.78 is 11.3. The van der Waals surface area contributed by atoms with Crippen molar-refractivity contribution >= 4 is 11.8 Å². The minimum atomic E-state index is -0.690. The quantitative estimate of drug-likeness (QED) is 0.833. The maximum Gasteiger partial charge on any atom is 0.309 e. The predicted octanol–water partition coefficient (Wildman–Crippen LogP) is 1.82. The van der Waals surface area contributed by atoms with Crippen LogP contribution in [0, 0.1) is 0 Å². The van der Waals surface area contributed by atoms with Gasteiger partial charge in [-0.05, 0) is 24.6 Å². The number of nitrogens with one attached hydrogen (secondary N) is 2. The first-order valence-electron chi connectivity index (χ1n) is 8.15. The normalized spacial score (nSPS) is 16.6. The van der Waals surface area contributed by atoms with E-state index in [1.165, 1.54) is 0 Å². The molecule has 3 rings (SSSR count). The molecule has 130 valence electrons. The van der Waals surface area contributed by atoms with Crippen LogP contribution in [-0.2, 0) is 9.59 Å². The van der Waals surface area contributed by atoms with Gasteiger partial charge in [-0.25, -0.2) is 0 Å². The van der Waals surface area contributed by atoms with E-state index in [9.17, 15) is 9.59 Å². The van der Waals surface area contributed by atoms with Gasteiger partial charge in [0.15, 0.2) is 11.5 Å². The van der Waals surface area contributed by atoms with Crippen molar-refractivity contribution in [2.24, 2.45) is 0 Å². The lowest BCUT2D eigenvalue weighted by molar-refractivity contribution is -0.139. The van der Waals surface area contributed by atoms with Crippen LogP contribution in [-0.4, -0.2) is 31.1 Å². The van der Waals surface area contributed by atoms with E-state index in [2.05, 4.69) is 10.6 Å². The molecule has 0 radical (unpaired) electrons. The Morgan fingerprint density at radius 1 is 1.04 bits per heavy atom. The van der Waals surface area contributed by atoms with E-state index in [1.807, 2.05) is 55.5 Å². The number of benzene rings is 2. The Hall–Kier alpha value is -3.02. The highest BCUT2D eigenvalue weighted by molar-refractivity contribution is 6.35. The van der Waals surface area contributed by atoms with Gasteiger partial charge in [-0.2, -0.15) is 0 Å². The van der Waals surface area contributed by atoms with Crippen LogP contribution in [0.1, 0.15) is 18.5 Å². The molecule has 0 saturated carbocycles. The largest absolute Gasteiger partial charge is 0.486 e. The average Bonchev–Trinajstić information content (AvgIpc) is 2.66. The van der Waals surface area contributed by atoms with Crippen molar-refractivity contribution < 1.29 is 19.1 Å². The van der Waals surface area contributed by atoms with Crippen LogP contribution >= 0.6 is 0 Å². The number of rotatable bonds is 4. The molecule has 1 aliphatic heterocycles. The third-order valence-corrected chi connectivity index (χ3v) is 3.91. The molecule has 1 heterocycles. The van der Waals surface area contributed by atoms with Crippen molar-refractivity contribution in [1.82, 2.24) is 10.6 Å². The summed E-state index contributed by atoms with van der Waals surface area (Å²) in [7, 11) is 0. The van der Waals surface area contributed by atoms with E-state index in [0.29, 0.717) is 18.1 Å². The van der Waals surface area contributed by atoms with Gasteiger partial charge < -0.3 is 20.1 Å². The molecule has 0 aliphatic carbocycles. The summed E-state index contributed by atoms with van der Waals surface area (Å²) in [4.78, 5) is 24.0. The summed E-state index contributed by atoms with van der Waals surface area (Å²) in [5, 5.41) is 5.26. The molecule has 6 nitrogen and oxygen atoms in total. The van der Waals surface area contributed by atoms with Crippen molar-refractivity contribution in [2.45, 2.75) is 19.1 Å². The Balaban J connectivity index is 1.47. The molecule has 6 heteroatoms. The number of fused-ring (bicyclic) bond motifs is 1. The summed E-state index contributed by atoms with van der Waals surface area (Å²) in [5.74, 6) is -0.0478. The fraction of sp³-hybridized carbons (Fsp3) is 0.263. The lowest BCUT2D eigenvalue weighted by Crippen LogP contribution is -2.46. The zero-order valence-electron chi connectivity index (χ0n) is 13.9. The molecule has 0 spiro atoms. The second-order valence-corrected chi connectivity index (χ2v) is 5.81. The molecule has 0 fully saturated rings. The van der Waals surface area contributed by atoms with Gasteiger partial charge in [-0.15, -0.1) is 0 Å². The summed E-state index contributed by atoms with van der Waals surface area (Å²) in [5.41, 5.74) is 0.935. The lowest BCUT2D eigenvalue weighted by atomic mass is 10.1. The number of ether oxygens (including phenoxy) is 2. The van der Waals surface area contributed by atoms with Crippen molar-refractivity contribution in [3.8, 4) is 11.5 Å². The van der Waals surface area contributed by atoms with Gasteiger partial charge in [-0.1, -0.05) is 42.5 Å². The molecule has 0 unspecified atom stereocenters. The van der Waals surface area contributed by atoms with Crippen LogP contribution in [0.5, 0.6) is 11.5 Å². The minimum absolute atomic E-state index is 0.195. The minimum Gasteiger partial charge on any atom is -0.486 e. The van der Waals surface area contributed by atoms with E-state index >= 15 is 0 Å². The van der Waals surface area contributed by atoms with Crippen LogP contribution in [0.3, 0.4) is 0 Å². The molecule has 0 saturated heterocycles. The van der Waals surface area contributed by atoms with E-state index in [4.69, 9.17) is 9.47 Å². The van der Waals surface area contributed by atoms with Gasteiger partial charge in [0.25, 0.3) is 0 Å². The number of hydrogen-bond acceptors (Lipinski definition) is 4. The van der Waals surface area contributed by atoms with E-state index < -0.39 is 11.8 Å². The highest BCUT2D eigenvalue weighted by Crippen LogP contribution is 2.30. The van der Waals surface area contributed by atoms with Crippen LogP contribution in [0.2, 0.25) is 0 Å². The van der Waals surface area contributed by atoms with Crippen LogP contribution in [0.15, 0.2) is 54.6 Å². The number of para-hydroxylation sites is 2. The molecule has 2 aromatic carbocycles. The first-order chi connectivity index (χ1) is 12.1. The Labute approximate surface area is 146 Å². The number of hydrogen-bond donors (Lipinski definition) is 2. The standard InChI is InChI=1S/C19H20N2O4/c1-13(14-7-3-2-4-8-14)21-19(23)18(22)20-11-15-12-24-16-9-5-6-10-17(16)25-15/h2-10,13,15H,11-12H2,1H3,(H,20,22)(H,21,23)/t13-,15-/m1/s1. The summed E-state index contributed by atoms with van der Waals surface area (Å²) in [6.45, 7) is 2.34. The highest BCUT2D eigenvalue weighted by atomic mass is 16.6. The number of carbonyl (C=O) groups is 2. The molecule has 1 aliphatic rings. The molecule has 2 atom stereocenters. The summed E-state index contributed by atoms with van der Waals surface area (Å²) in [6, 6.07) is 16.5. The predicted molar refractivity (Wildman–Crippen MR) is 92.4 cm³/mol. The van der Waals surface area contributed by atoms with Gasteiger partial charge in [0, 0.05) is 0 Å². The topological polar surface area (TPSA) is 76.7 Å². The van der Waals surface area contributed by atoms with Crippen molar-refractivity contribution in [1.29, 1.82) is 0 Å². The monoisotopic (exact) mass is 340 g/mol. The molecule has 2 amide bonds. The Morgan fingerprint density at radius 2 is 1.72 bits per heavy atom. The fourth-order valence-corrected chi connectivity index (χ4v) is 2.54. The fourth-order valence-electron chi connectivity index (χ4n) is 2.54. The molecule has 0 bridgehead atoms. The van der Waals surface area contributed by atoms with Crippen molar-refractivity contribution in [3.63, 3.8) is 0 Å². The Bertz CT molecular complexity index is 748. The first-order valence-corrected chi connectivity index (χ1v) is 8.15. The molecule has 2 aromatic rings. The lowest BCUT2D eigenvalue weighted by Gasteiger charge is -2.26. The Morgan fingerprint density at radius 3 is 2.48 bits per heavy atom. The molecule has 2 N–H and O–H groups in total. The zero-order valence-corrected chi connectivity index (χ0v) is 13.9. The second kappa shape index (κ2) is 7.70. The van der Waals surface area contributed by atoms with Gasteiger partial charge in [0.2, 0.25) is 0 Å². The smallest absolute Gasteiger partial charge is 0.309 e. The summed E-state index contributed by atoms with van der Waals surface area (Å²) >= 11 is 0. The maximum absolute atomic E-state index is 12.0. The third-order valence-electron chi connectivity index (χ3n) is 3.91. The zero-order chi connectivity index (χ0) is 17.6. The number of carbonyl (C=O) groups excluding carboxylic acids is 2. The Kier molecular flexibility index (Phi) is 5.18. The molecule has 25 heavy (non-hydrogen) atoms. The number of amides is 2. The van der Waals surface area contributed by atoms with Crippen LogP contribution in [0.4, 0.5) is 0 Å². The van der Waals surface area contributed by atoms with E-state index in [1.54, 1.807) is 6.07 Å². The maximum atomic E-state index is 12.0. The highest BCUT2D eigenvalue weighted by Gasteiger charge is 2.23. The van der Waals surface area contributed by atoms with Gasteiger partial charge in [0.05, 0.1) is 12.6 Å². The first kappa shape index (κ1) is 16.8.